The first-order chi connectivity index (χ1) is 12.5. The number of hydrogen-bond donors (Lipinski definition) is 1. The molecule has 3 rings (SSSR count). The highest BCUT2D eigenvalue weighted by Gasteiger charge is 2.20. The average molecular weight is 368 g/mol. The van der Waals surface area contributed by atoms with E-state index in [0.717, 1.165) is 5.56 Å². The van der Waals surface area contributed by atoms with Gasteiger partial charge < -0.3 is 5.32 Å². The summed E-state index contributed by atoms with van der Waals surface area (Å²) < 4.78 is 1.48. The number of fused-ring (bicyclic) bond motifs is 1. The molecule has 1 aromatic carbocycles. The van der Waals surface area contributed by atoms with Gasteiger partial charge in [-0.05, 0) is 50.6 Å². The summed E-state index contributed by atoms with van der Waals surface area (Å²) in [6.07, 6.45) is 1.66. The highest BCUT2D eigenvalue weighted by Crippen LogP contribution is 2.24. The predicted molar refractivity (Wildman–Crippen MR) is 104 cm³/mol. The average Bonchev–Trinajstić information content (AvgIpc) is 2.62. The Balaban J connectivity index is 2.18. The molecule has 134 valence electrons. The number of aromatic nitrogens is 3. The van der Waals surface area contributed by atoms with Gasteiger partial charge in [0.1, 0.15) is 5.82 Å². The summed E-state index contributed by atoms with van der Waals surface area (Å²) in [6, 6.07) is 10.9. The zero-order valence-corrected chi connectivity index (χ0v) is 15.7. The maximum absolute atomic E-state index is 13.1. The van der Waals surface area contributed by atoms with Gasteiger partial charge >= 0.3 is 0 Å². The standard InChI is InChI=1S/C19H20N4O2S/c1-4-20-17(24)13(3)26-19-22-15-8-6-5-7-14(15)18(25)23(19)16-11-12(2)9-10-21-16/h5-11,13H,4H2,1-3H3,(H,20,24)/t13-/m1/s1. The van der Waals surface area contributed by atoms with Gasteiger partial charge in [0.25, 0.3) is 5.56 Å². The number of para-hydroxylation sites is 1. The summed E-state index contributed by atoms with van der Waals surface area (Å²) in [5, 5.41) is 3.37. The Hall–Kier alpha value is -2.67. The SMILES string of the molecule is CCNC(=O)[C@@H](C)Sc1nc2ccccc2c(=O)n1-c1cc(C)ccn1. The third-order valence-corrected chi connectivity index (χ3v) is 4.93. The molecule has 0 radical (unpaired) electrons. The van der Waals surface area contributed by atoms with E-state index in [-0.39, 0.29) is 16.7 Å². The minimum absolute atomic E-state index is 0.0938. The van der Waals surface area contributed by atoms with Gasteiger partial charge in [-0.15, -0.1) is 0 Å². The van der Waals surface area contributed by atoms with E-state index in [9.17, 15) is 9.59 Å². The molecule has 6 nitrogen and oxygen atoms in total. The lowest BCUT2D eigenvalue weighted by atomic mass is 10.2. The van der Waals surface area contributed by atoms with Crippen molar-refractivity contribution in [2.24, 2.45) is 0 Å². The quantitative estimate of drug-likeness (QED) is 0.553. The van der Waals surface area contributed by atoms with Gasteiger partial charge in [-0.25, -0.2) is 14.5 Å². The van der Waals surface area contributed by atoms with Gasteiger partial charge in [0.05, 0.1) is 16.2 Å². The lowest BCUT2D eigenvalue weighted by Gasteiger charge is -2.15. The monoisotopic (exact) mass is 368 g/mol. The molecule has 0 saturated carbocycles. The van der Waals surface area contributed by atoms with E-state index in [4.69, 9.17) is 0 Å². The number of nitrogens with zero attached hydrogens (tertiary/aromatic N) is 3. The van der Waals surface area contributed by atoms with Gasteiger partial charge in [-0.1, -0.05) is 23.9 Å². The van der Waals surface area contributed by atoms with Crippen molar-refractivity contribution >= 4 is 28.6 Å². The summed E-state index contributed by atoms with van der Waals surface area (Å²) in [5.41, 5.74) is 1.40. The van der Waals surface area contributed by atoms with Crippen molar-refractivity contribution in [1.29, 1.82) is 0 Å². The highest BCUT2D eigenvalue weighted by atomic mass is 32.2. The normalized spacial score (nSPS) is 12.1. The number of nitrogens with one attached hydrogen (secondary N) is 1. The van der Waals surface area contributed by atoms with Crippen LogP contribution in [0.3, 0.4) is 0 Å². The number of rotatable bonds is 5. The Bertz CT molecular complexity index is 1020. The molecule has 0 saturated heterocycles. The molecule has 0 bridgehead atoms. The third kappa shape index (κ3) is 3.62. The van der Waals surface area contributed by atoms with Gasteiger partial charge in [0.2, 0.25) is 5.91 Å². The van der Waals surface area contributed by atoms with Crippen LogP contribution in [0.5, 0.6) is 0 Å². The van der Waals surface area contributed by atoms with Crippen LogP contribution in [0.1, 0.15) is 19.4 Å². The van der Waals surface area contributed by atoms with Gasteiger partial charge in [0, 0.05) is 12.7 Å². The summed E-state index contributed by atoms with van der Waals surface area (Å²) >= 11 is 1.25. The fourth-order valence-electron chi connectivity index (χ4n) is 2.57. The van der Waals surface area contributed by atoms with Gasteiger partial charge in [-0.3, -0.25) is 9.59 Å². The van der Waals surface area contributed by atoms with Crippen LogP contribution in [-0.2, 0) is 4.79 Å². The Morgan fingerprint density at radius 1 is 1.31 bits per heavy atom. The van der Waals surface area contributed by atoms with Crippen LogP contribution in [0.25, 0.3) is 16.7 Å². The number of carbonyl (C=O) groups is 1. The van der Waals surface area contributed by atoms with E-state index in [0.29, 0.717) is 28.4 Å². The fourth-order valence-corrected chi connectivity index (χ4v) is 3.51. The molecule has 0 unspecified atom stereocenters. The van der Waals surface area contributed by atoms with Crippen molar-refractivity contribution in [2.75, 3.05) is 6.54 Å². The largest absolute Gasteiger partial charge is 0.355 e. The Morgan fingerprint density at radius 3 is 2.81 bits per heavy atom. The second kappa shape index (κ2) is 7.70. The first kappa shape index (κ1) is 18.1. The van der Waals surface area contributed by atoms with E-state index >= 15 is 0 Å². The van der Waals surface area contributed by atoms with Crippen molar-refractivity contribution in [3.8, 4) is 5.82 Å². The molecule has 26 heavy (non-hydrogen) atoms. The summed E-state index contributed by atoms with van der Waals surface area (Å²) in [4.78, 5) is 34.2. The first-order valence-electron chi connectivity index (χ1n) is 8.40. The molecule has 0 aliphatic heterocycles. The van der Waals surface area contributed by atoms with E-state index < -0.39 is 0 Å². The molecule has 2 aromatic heterocycles. The molecule has 1 N–H and O–H groups in total. The van der Waals surface area contributed by atoms with E-state index in [1.165, 1.54) is 16.3 Å². The predicted octanol–water partition coefficient (Wildman–Crippen LogP) is 2.71. The van der Waals surface area contributed by atoms with Crippen LogP contribution in [0.15, 0.2) is 52.5 Å². The van der Waals surface area contributed by atoms with Crippen molar-refractivity contribution < 1.29 is 4.79 Å². The molecule has 0 fully saturated rings. The van der Waals surface area contributed by atoms with Crippen LogP contribution in [0.4, 0.5) is 0 Å². The van der Waals surface area contributed by atoms with Crippen molar-refractivity contribution in [1.82, 2.24) is 19.9 Å². The lowest BCUT2D eigenvalue weighted by molar-refractivity contribution is -0.120. The summed E-state index contributed by atoms with van der Waals surface area (Å²) in [7, 11) is 0. The molecule has 1 atom stereocenters. The molecule has 2 heterocycles. The van der Waals surface area contributed by atoms with Crippen LogP contribution >= 0.6 is 11.8 Å². The second-order valence-corrected chi connectivity index (χ2v) is 7.21. The smallest absolute Gasteiger partial charge is 0.267 e. The molecule has 3 aromatic rings. The Kier molecular flexibility index (Phi) is 5.37. The van der Waals surface area contributed by atoms with Crippen molar-refractivity contribution in [3.63, 3.8) is 0 Å². The minimum Gasteiger partial charge on any atom is -0.355 e. The number of amides is 1. The highest BCUT2D eigenvalue weighted by molar-refractivity contribution is 8.00. The summed E-state index contributed by atoms with van der Waals surface area (Å²) in [5.74, 6) is 0.405. The van der Waals surface area contributed by atoms with E-state index in [1.54, 1.807) is 25.3 Å². The maximum atomic E-state index is 13.1. The molecule has 0 spiro atoms. The molecule has 0 aliphatic carbocycles. The third-order valence-electron chi connectivity index (χ3n) is 3.88. The Labute approximate surface area is 155 Å². The van der Waals surface area contributed by atoms with Crippen LogP contribution in [0.2, 0.25) is 0 Å². The van der Waals surface area contributed by atoms with Gasteiger partial charge in [0.15, 0.2) is 5.16 Å². The number of aryl methyl sites for hydroxylation is 1. The van der Waals surface area contributed by atoms with E-state index in [2.05, 4.69) is 15.3 Å². The molecule has 1 amide bonds. The maximum Gasteiger partial charge on any atom is 0.267 e. The van der Waals surface area contributed by atoms with Crippen molar-refractivity contribution in [3.05, 3.63) is 58.5 Å². The first-order valence-corrected chi connectivity index (χ1v) is 9.28. The molecular weight excluding hydrogens is 348 g/mol. The van der Waals surface area contributed by atoms with Crippen LogP contribution in [-0.4, -0.2) is 32.2 Å². The molecule has 7 heteroatoms. The fraction of sp³-hybridized carbons (Fsp3) is 0.263. The van der Waals surface area contributed by atoms with Gasteiger partial charge in [-0.2, -0.15) is 0 Å². The Morgan fingerprint density at radius 2 is 2.08 bits per heavy atom. The van der Waals surface area contributed by atoms with Crippen LogP contribution in [0, 0.1) is 6.92 Å². The van der Waals surface area contributed by atoms with Crippen LogP contribution < -0.4 is 10.9 Å². The number of carbonyl (C=O) groups excluding carboxylic acids is 1. The lowest BCUT2D eigenvalue weighted by Crippen LogP contribution is -2.31. The minimum atomic E-state index is -0.390. The number of pyridine rings is 1. The molecule has 0 aliphatic rings. The zero-order valence-electron chi connectivity index (χ0n) is 14.9. The van der Waals surface area contributed by atoms with E-state index in [1.807, 2.05) is 38.1 Å². The zero-order chi connectivity index (χ0) is 18.7. The number of thioether (sulfide) groups is 1. The number of benzene rings is 1. The second-order valence-electron chi connectivity index (χ2n) is 5.90. The number of hydrogen-bond acceptors (Lipinski definition) is 5. The van der Waals surface area contributed by atoms with Crippen molar-refractivity contribution in [2.45, 2.75) is 31.2 Å². The molecular formula is C19H20N4O2S. The summed E-state index contributed by atoms with van der Waals surface area (Å²) in [6.45, 7) is 6.16. The topological polar surface area (TPSA) is 76.9 Å².